The smallest absolute Gasteiger partial charge is 0.325 e. The number of aliphatic carboxylic acids is 1. The van der Waals surface area contributed by atoms with Gasteiger partial charge in [-0.15, -0.1) is 0 Å². The third-order valence-electron chi connectivity index (χ3n) is 8.11. The van der Waals surface area contributed by atoms with Gasteiger partial charge in [0, 0.05) is 30.5 Å². The molecule has 3 heterocycles. The van der Waals surface area contributed by atoms with Gasteiger partial charge >= 0.3 is 5.97 Å². The van der Waals surface area contributed by atoms with Crippen molar-refractivity contribution in [3.8, 4) is 0 Å². The topological polar surface area (TPSA) is 56.7 Å². The summed E-state index contributed by atoms with van der Waals surface area (Å²) in [5, 5.41) is 9.85. The number of pyridine rings is 1. The summed E-state index contributed by atoms with van der Waals surface area (Å²) < 4.78 is 0. The van der Waals surface area contributed by atoms with Crippen molar-refractivity contribution in [3.63, 3.8) is 0 Å². The molecular weight excluding hydrogens is 410 g/mol. The van der Waals surface area contributed by atoms with Gasteiger partial charge in [0.25, 0.3) is 0 Å². The Kier molecular flexibility index (Phi) is 7.07. The van der Waals surface area contributed by atoms with Crippen molar-refractivity contribution in [2.75, 3.05) is 26.2 Å². The maximum atomic E-state index is 12.0. The van der Waals surface area contributed by atoms with Gasteiger partial charge in [0.1, 0.15) is 6.04 Å². The van der Waals surface area contributed by atoms with E-state index in [1.807, 2.05) is 30.3 Å². The van der Waals surface area contributed by atoms with Crippen LogP contribution in [0, 0.1) is 5.92 Å². The average molecular weight is 448 g/mol. The van der Waals surface area contributed by atoms with E-state index in [-0.39, 0.29) is 0 Å². The molecule has 0 bridgehead atoms. The Labute approximate surface area is 197 Å². The normalized spacial score (nSPS) is 22.1. The molecular formula is C28H37N3O2. The van der Waals surface area contributed by atoms with Crippen LogP contribution in [0.4, 0.5) is 0 Å². The summed E-state index contributed by atoms with van der Waals surface area (Å²) in [4.78, 5) is 21.8. The van der Waals surface area contributed by atoms with E-state index in [4.69, 9.17) is 4.98 Å². The fourth-order valence-electron chi connectivity index (χ4n) is 6.21. The highest BCUT2D eigenvalue weighted by Gasteiger charge is 2.33. The maximum Gasteiger partial charge on any atom is 0.325 e. The molecule has 3 aliphatic rings. The zero-order valence-electron chi connectivity index (χ0n) is 19.7. The second-order valence-electron chi connectivity index (χ2n) is 10.2. The van der Waals surface area contributed by atoms with Gasteiger partial charge < -0.3 is 10.0 Å². The van der Waals surface area contributed by atoms with Crippen LogP contribution < -0.4 is 0 Å². The molecule has 0 radical (unpaired) electrons. The number of carboxylic acid groups (broad SMARTS) is 1. The molecule has 0 unspecified atom stereocenters. The molecule has 2 saturated heterocycles. The summed E-state index contributed by atoms with van der Waals surface area (Å²) in [6, 6.07) is 14.4. The molecule has 0 saturated carbocycles. The van der Waals surface area contributed by atoms with E-state index in [0.717, 1.165) is 50.3 Å². The number of carboxylic acids is 1. The third kappa shape index (κ3) is 5.30. The molecule has 5 nitrogen and oxygen atoms in total. The van der Waals surface area contributed by atoms with Crippen molar-refractivity contribution in [1.82, 2.24) is 14.8 Å². The predicted octanol–water partition coefficient (Wildman–Crippen LogP) is 4.51. The van der Waals surface area contributed by atoms with E-state index in [1.165, 1.54) is 62.1 Å². The van der Waals surface area contributed by atoms with Gasteiger partial charge in [-0.05, 0) is 94.0 Å². The van der Waals surface area contributed by atoms with Crippen molar-refractivity contribution in [3.05, 3.63) is 65.0 Å². The van der Waals surface area contributed by atoms with E-state index < -0.39 is 12.0 Å². The van der Waals surface area contributed by atoms with Crippen LogP contribution in [-0.2, 0) is 24.1 Å². The molecule has 1 atom stereocenters. The van der Waals surface area contributed by atoms with Crippen LogP contribution >= 0.6 is 0 Å². The second-order valence-corrected chi connectivity index (χ2v) is 10.2. The molecule has 0 spiro atoms. The number of benzene rings is 1. The molecule has 2 aliphatic heterocycles. The average Bonchev–Trinajstić information content (AvgIpc) is 2.86. The predicted molar refractivity (Wildman–Crippen MR) is 130 cm³/mol. The first-order chi connectivity index (χ1) is 16.2. The number of aromatic nitrogens is 1. The van der Waals surface area contributed by atoms with Crippen molar-refractivity contribution >= 4 is 5.97 Å². The molecule has 2 fully saturated rings. The Bertz CT molecular complexity index is 931. The van der Waals surface area contributed by atoms with Crippen LogP contribution in [0.1, 0.15) is 67.1 Å². The number of fused-ring (bicyclic) bond motifs is 1. The molecule has 1 aromatic heterocycles. The Hall–Kier alpha value is -2.24. The number of likely N-dealkylation sites (tertiary alicyclic amines) is 2. The highest BCUT2D eigenvalue weighted by molar-refractivity contribution is 5.75. The summed E-state index contributed by atoms with van der Waals surface area (Å²) in [6.45, 7) is 4.05. The molecule has 176 valence electrons. The SMILES string of the molecule is O=C(O)[C@@H](c1ccccc1)N1CCC(N2CCC(Cc3ccc4c(n3)CCCC4)CC2)CC1. The van der Waals surface area contributed by atoms with E-state index in [9.17, 15) is 9.90 Å². The summed E-state index contributed by atoms with van der Waals surface area (Å²) in [6.07, 6.45) is 10.7. The number of nitrogens with zero attached hydrogens (tertiary/aromatic N) is 3. The van der Waals surface area contributed by atoms with Gasteiger partial charge in [0.15, 0.2) is 0 Å². The highest BCUT2D eigenvalue weighted by atomic mass is 16.4. The van der Waals surface area contributed by atoms with Crippen LogP contribution in [0.3, 0.4) is 0 Å². The van der Waals surface area contributed by atoms with E-state index in [0.29, 0.717) is 6.04 Å². The molecule has 1 aliphatic carbocycles. The van der Waals surface area contributed by atoms with Gasteiger partial charge in [-0.3, -0.25) is 14.7 Å². The van der Waals surface area contributed by atoms with Gasteiger partial charge in [0.05, 0.1) is 0 Å². The van der Waals surface area contributed by atoms with Crippen LogP contribution in [0.2, 0.25) is 0 Å². The molecule has 2 aromatic rings. The molecule has 5 heteroatoms. The van der Waals surface area contributed by atoms with Crippen molar-refractivity contribution in [1.29, 1.82) is 0 Å². The number of rotatable bonds is 6. The highest BCUT2D eigenvalue weighted by Crippen LogP contribution is 2.30. The Morgan fingerprint density at radius 2 is 1.67 bits per heavy atom. The summed E-state index contributed by atoms with van der Waals surface area (Å²) in [7, 11) is 0. The lowest BCUT2D eigenvalue weighted by atomic mass is 9.89. The van der Waals surface area contributed by atoms with Crippen LogP contribution in [0.25, 0.3) is 0 Å². The Morgan fingerprint density at radius 3 is 2.39 bits per heavy atom. The van der Waals surface area contributed by atoms with Crippen molar-refractivity contribution in [2.45, 2.75) is 69.9 Å². The molecule has 0 amide bonds. The minimum absolute atomic E-state index is 0.526. The first-order valence-corrected chi connectivity index (χ1v) is 12.9. The number of carbonyl (C=O) groups is 1. The summed E-state index contributed by atoms with van der Waals surface area (Å²) >= 11 is 0. The number of hydrogen-bond donors (Lipinski definition) is 1. The van der Waals surface area contributed by atoms with Crippen LogP contribution in [-0.4, -0.2) is 58.1 Å². The standard InChI is InChI=1S/C28H37N3O2/c32-28(33)27(23-7-2-1-3-8-23)31-18-14-25(15-19-31)30-16-12-21(13-17-30)20-24-11-10-22-6-4-5-9-26(22)29-24/h1-3,7-8,10-11,21,25,27H,4-6,9,12-20H2,(H,32,33)/t27-/m1/s1. The Balaban J connectivity index is 1.11. The number of piperidine rings is 2. The summed E-state index contributed by atoms with van der Waals surface area (Å²) in [5.74, 6) is 0.00111. The number of hydrogen-bond acceptors (Lipinski definition) is 4. The van der Waals surface area contributed by atoms with Crippen LogP contribution in [0.15, 0.2) is 42.5 Å². The van der Waals surface area contributed by atoms with Crippen LogP contribution in [0.5, 0.6) is 0 Å². The number of aryl methyl sites for hydroxylation is 2. The molecule has 5 rings (SSSR count). The maximum absolute atomic E-state index is 12.0. The fourth-order valence-corrected chi connectivity index (χ4v) is 6.21. The van der Waals surface area contributed by atoms with E-state index >= 15 is 0 Å². The lowest BCUT2D eigenvalue weighted by Gasteiger charge is -2.43. The molecule has 33 heavy (non-hydrogen) atoms. The molecule has 1 N–H and O–H groups in total. The van der Waals surface area contributed by atoms with Gasteiger partial charge in [0.2, 0.25) is 0 Å². The first-order valence-electron chi connectivity index (χ1n) is 12.9. The largest absolute Gasteiger partial charge is 0.480 e. The zero-order valence-corrected chi connectivity index (χ0v) is 19.7. The lowest BCUT2D eigenvalue weighted by molar-refractivity contribution is -0.144. The molecule has 1 aromatic carbocycles. The lowest BCUT2D eigenvalue weighted by Crippen LogP contribution is -2.49. The monoisotopic (exact) mass is 447 g/mol. The minimum Gasteiger partial charge on any atom is -0.480 e. The first kappa shape index (κ1) is 22.5. The quantitative estimate of drug-likeness (QED) is 0.706. The van der Waals surface area contributed by atoms with E-state index in [2.05, 4.69) is 21.9 Å². The van der Waals surface area contributed by atoms with Crippen molar-refractivity contribution < 1.29 is 9.90 Å². The zero-order chi connectivity index (χ0) is 22.6. The third-order valence-corrected chi connectivity index (χ3v) is 8.11. The second kappa shape index (κ2) is 10.4. The van der Waals surface area contributed by atoms with Gasteiger partial charge in [-0.2, -0.15) is 0 Å². The Morgan fingerprint density at radius 1 is 0.939 bits per heavy atom. The summed E-state index contributed by atoms with van der Waals surface area (Å²) in [5.41, 5.74) is 5.02. The van der Waals surface area contributed by atoms with Gasteiger partial charge in [-0.1, -0.05) is 36.4 Å². The van der Waals surface area contributed by atoms with Crippen molar-refractivity contribution in [2.24, 2.45) is 5.92 Å². The van der Waals surface area contributed by atoms with E-state index in [1.54, 1.807) is 0 Å². The minimum atomic E-state index is -0.740. The fraction of sp³-hybridized carbons (Fsp3) is 0.571. The van der Waals surface area contributed by atoms with Gasteiger partial charge in [-0.25, -0.2) is 0 Å².